The molecule has 3 aliphatic heterocycles. The molecular weight excluding hydrogens is 674 g/mol. The highest BCUT2D eigenvalue weighted by molar-refractivity contribution is 5.82. The Hall–Kier alpha value is -1.50. The van der Waals surface area contributed by atoms with E-state index in [2.05, 4.69) is 5.32 Å². The maximum atomic E-state index is 12.9. The number of ketones is 1. The minimum absolute atomic E-state index is 0.00585. The lowest BCUT2D eigenvalue weighted by Crippen LogP contribution is -2.65. The van der Waals surface area contributed by atoms with Gasteiger partial charge in [-0.2, -0.15) is 0 Å². The Bertz CT molecular complexity index is 1060. The number of ether oxygens (including phenoxy) is 6. The van der Waals surface area contributed by atoms with E-state index in [0.717, 1.165) is 0 Å². The number of hydrogen-bond acceptors (Lipinski definition) is 18. The Morgan fingerprint density at radius 2 is 1.16 bits per heavy atom. The first-order chi connectivity index (χ1) is 23.8. The van der Waals surface area contributed by atoms with Crippen LogP contribution in [-0.4, -0.2) is 188 Å². The first-order valence-electron chi connectivity index (χ1n) is 17.1. The van der Waals surface area contributed by atoms with E-state index in [1.54, 1.807) is 0 Å². The van der Waals surface area contributed by atoms with Crippen LogP contribution < -0.4 is 5.32 Å². The van der Waals surface area contributed by atoms with Gasteiger partial charge in [-0.15, -0.1) is 0 Å². The number of Topliss-reactive ketones (excluding diaryl/α,β-unsaturated/α-hetero) is 1. The summed E-state index contributed by atoms with van der Waals surface area (Å²) in [5.41, 5.74) is 0. The van der Waals surface area contributed by atoms with Crippen LogP contribution in [0.2, 0.25) is 0 Å². The van der Waals surface area contributed by atoms with E-state index >= 15 is 0 Å². The number of hydrogen-bond donors (Lipinski definition) is 11. The standard InChI is InChI=1S/C31H53NO18/c1-2-32-28(44)14-7-5-13(6-8-14)15(35)4-3-9-45-30-26(43)27(50-31-25(42)23(40)20(37)17(11-34)48-31)21(38)18(49-30)12-46-29-24(41)22(39)19(36)16(10-33)47-29/h13-14,16-27,29-31,33-34,36-43H,2-12H2,1H3,(H,32,44)/t13?,14?,16-,17-,18-,19-,20-,21-,22+,23+,24+,25+,26+,27+,29+,30+,31-/m1/s1. The second kappa shape index (κ2) is 19.0. The van der Waals surface area contributed by atoms with Crippen LogP contribution in [0.25, 0.3) is 0 Å². The van der Waals surface area contributed by atoms with E-state index in [0.29, 0.717) is 32.2 Å². The van der Waals surface area contributed by atoms with Crippen LogP contribution in [0.4, 0.5) is 0 Å². The highest BCUT2D eigenvalue weighted by atomic mass is 16.7. The van der Waals surface area contributed by atoms with Crippen molar-refractivity contribution in [1.29, 1.82) is 0 Å². The molecule has 290 valence electrons. The summed E-state index contributed by atoms with van der Waals surface area (Å²) in [6, 6.07) is 0. The van der Waals surface area contributed by atoms with E-state index in [1.807, 2.05) is 6.92 Å². The van der Waals surface area contributed by atoms with E-state index in [4.69, 9.17) is 28.4 Å². The van der Waals surface area contributed by atoms with Crippen molar-refractivity contribution >= 4 is 11.7 Å². The van der Waals surface area contributed by atoms with Gasteiger partial charge >= 0.3 is 0 Å². The molecule has 0 aromatic heterocycles. The monoisotopic (exact) mass is 727 g/mol. The minimum atomic E-state index is -1.87. The summed E-state index contributed by atoms with van der Waals surface area (Å²) in [4.78, 5) is 25.0. The molecule has 19 heteroatoms. The average Bonchev–Trinajstić information content (AvgIpc) is 3.11. The third kappa shape index (κ3) is 9.72. The van der Waals surface area contributed by atoms with E-state index in [1.165, 1.54) is 0 Å². The maximum Gasteiger partial charge on any atom is 0.223 e. The molecule has 1 amide bonds. The summed E-state index contributed by atoms with van der Waals surface area (Å²) in [6.07, 6.45) is -21.9. The van der Waals surface area contributed by atoms with Gasteiger partial charge in [-0.1, -0.05) is 0 Å². The maximum absolute atomic E-state index is 12.9. The SMILES string of the molecule is CCNC(=O)C1CCC(C(=O)CCCO[C@H]2O[C@H](CO[C@H]3O[C@H](CO)[C@@H](O)[C@H](O)[C@@H]3O)[C@@H](O)[C@H](O[C@H]3O[C@H](CO)[C@@H](O)[C@H](O)[C@@H]3O)[C@@H]2O)CC1. The smallest absolute Gasteiger partial charge is 0.223 e. The first kappa shape index (κ1) is 41.3. The molecule has 1 saturated carbocycles. The molecule has 19 nitrogen and oxygen atoms in total. The van der Waals surface area contributed by atoms with Crippen LogP contribution in [0.3, 0.4) is 0 Å². The summed E-state index contributed by atoms with van der Waals surface area (Å²) in [7, 11) is 0. The fraction of sp³-hybridized carbons (Fsp3) is 0.935. The largest absolute Gasteiger partial charge is 0.394 e. The van der Waals surface area contributed by atoms with Gasteiger partial charge < -0.3 is 84.8 Å². The number of aliphatic hydroxyl groups excluding tert-OH is 10. The van der Waals surface area contributed by atoms with Crippen LogP contribution >= 0.6 is 0 Å². The van der Waals surface area contributed by atoms with Gasteiger partial charge in [-0.3, -0.25) is 9.59 Å². The molecule has 3 heterocycles. The highest BCUT2D eigenvalue weighted by Crippen LogP contribution is 2.32. The van der Waals surface area contributed by atoms with Crippen molar-refractivity contribution in [3.8, 4) is 0 Å². The fourth-order valence-electron chi connectivity index (χ4n) is 6.71. The predicted octanol–water partition coefficient (Wildman–Crippen LogP) is -5.26. The lowest BCUT2D eigenvalue weighted by atomic mass is 9.79. The van der Waals surface area contributed by atoms with Crippen LogP contribution in [0.1, 0.15) is 45.4 Å². The summed E-state index contributed by atoms with van der Waals surface area (Å²) in [5, 5.41) is 106. The lowest BCUT2D eigenvalue weighted by Gasteiger charge is -2.46. The zero-order chi connectivity index (χ0) is 36.7. The summed E-state index contributed by atoms with van der Waals surface area (Å²) in [5.74, 6) is -0.294. The van der Waals surface area contributed by atoms with Gasteiger partial charge in [0.1, 0.15) is 79.0 Å². The Balaban J connectivity index is 1.38. The molecule has 1 aliphatic carbocycles. The molecule has 11 N–H and O–H groups in total. The zero-order valence-electron chi connectivity index (χ0n) is 27.8. The summed E-state index contributed by atoms with van der Waals surface area (Å²) >= 11 is 0. The number of rotatable bonds is 15. The van der Waals surface area contributed by atoms with Crippen molar-refractivity contribution in [3.63, 3.8) is 0 Å². The number of carbonyl (C=O) groups excluding carboxylic acids is 2. The molecule has 0 unspecified atom stereocenters. The quantitative estimate of drug-likeness (QED) is 0.0702. The molecule has 50 heavy (non-hydrogen) atoms. The number of nitrogens with one attached hydrogen (secondary N) is 1. The van der Waals surface area contributed by atoms with Gasteiger partial charge in [0.15, 0.2) is 18.9 Å². The molecule has 4 aliphatic rings. The predicted molar refractivity (Wildman–Crippen MR) is 163 cm³/mol. The second-order valence-electron chi connectivity index (χ2n) is 13.2. The number of aliphatic hydroxyl groups is 10. The van der Waals surface area contributed by atoms with Crippen molar-refractivity contribution in [3.05, 3.63) is 0 Å². The highest BCUT2D eigenvalue weighted by Gasteiger charge is 2.52. The van der Waals surface area contributed by atoms with Crippen LogP contribution in [-0.2, 0) is 38.0 Å². The molecule has 3 saturated heterocycles. The van der Waals surface area contributed by atoms with Gasteiger partial charge in [-0.05, 0) is 39.0 Å². The Labute approximate surface area is 288 Å². The molecule has 0 radical (unpaired) electrons. The van der Waals surface area contributed by atoms with Crippen molar-refractivity contribution < 1.29 is 89.1 Å². The first-order valence-corrected chi connectivity index (χ1v) is 17.1. The van der Waals surface area contributed by atoms with Gasteiger partial charge in [0.05, 0.1) is 26.4 Å². The molecule has 4 fully saturated rings. The third-order valence-electron chi connectivity index (χ3n) is 9.81. The van der Waals surface area contributed by atoms with Crippen molar-refractivity contribution in [2.45, 2.75) is 138 Å². The van der Waals surface area contributed by atoms with Crippen LogP contribution in [0.5, 0.6) is 0 Å². The summed E-state index contributed by atoms with van der Waals surface area (Å²) < 4.78 is 33.4. The van der Waals surface area contributed by atoms with Gasteiger partial charge in [-0.25, -0.2) is 0 Å². The van der Waals surface area contributed by atoms with Crippen LogP contribution in [0.15, 0.2) is 0 Å². The molecule has 0 aromatic rings. The average molecular weight is 728 g/mol. The molecule has 0 spiro atoms. The third-order valence-corrected chi connectivity index (χ3v) is 9.81. The normalized spacial score (nSPS) is 44.1. The topological polar surface area (TPSA) is 304 Å². The lowest BCUT2D eigenvalue weighted by molar-refractivity contribution is -0.366. The molecule has 0 aromatic carbocycles. The van der Waals surface area contributed by atoms with Crippen molar-refractivity contribution in [2.75, 3.05) is 33.0 Å². The van der Waals surface area contributed by atoms with Gasteiger partial charge in [0, 0.05) is 24.8 Å². The van der Waals surface area contributed by atoms with E-state index in [-0.39, 0.29) is 43.0 Å². The molecular formula is C31H53NO18. The Morgan fingerprint density at radius 1 is 0.640 bits per heavy atom. The summed E-state index contributed by atoms with van der Waals surface area (Å²) in [6.45, 7) is 0.222. The molecule has 15 atom stereocenters. The molecule has 4 rings (SSSR count). The van der Waals surface area contributed by atoms with Gasteiger partial charge in [0.2, 0.25) is 5.91 Å². The van der Waals surface area contributed by atoms with Crippen molar-refractivity contribution in [1.82, 2.24) is 5.32 Å². The van der Waals surface area contributed by atoms with Crippen LogP contribution in [0, 0.1) is 11.8 Å². The number of amides is 1. The molecule has 0 bridgehead atoms. The number of carbonyl (C=O) groups is 2. The van der Waals surface area contributed by atoms with Gasteiger partial charge in [0.25, 0.3) is 0 Å². The van der Waals surface area contributed by atoms with E-state index < -0.39 is 112 Å². The zero-order valence-corrected chi connectivity index (χ0v) is 27.8. The fourth-order valence-corrected chi connectivity index (χ4v) is 6.71. The Morgan fingerprint density at radius 3 is 1.74 bits per heavy atom. The minimum Gasteiger partial charge on any atom is -0.394 e. The van der Waals surface area contributed by atoms with Crippen molar-refractivity contribution in [2.24, 2.45) is 11.8 Å². The second-order valence-corrected chi connectivity index (χ2v) is 13.2. The van der Waals surface area contributed by atoms with E-state index in [9.17, 15) is 60.7 Å². The Kier molecular flexibility index (Phi) is 15.7.